The minimum atomic E-state index is -0.304. The first-order chi connectivity index (χ1) is 3.72. The van der Waals surface area contributed by atoms with Crippen LogP contribution in [0, 0.1) is 0 Å². The van der Waals surface area contributed by atoms with Gasteiger partial charge in [0, 0.05) is 5.57 Å². The molecule has 0 rings (SSSR count). The zero-order chi connectivity index (χ0) is 6.57. The van der Waals surface area contributed by atoms with Crippen LogP contribution in [0.15, 0.2) is 10.6 Å². The third-order valence-corrected chi connectivity index (χ3v) is 1.36. The Bertz CT molecular complexity index is 118. The van der Waals surface area contributed by atoms with Crippen molar-refractivity contribution in [2.24, 2.45) is 0 Å². The summed E-state index contributed by atoms with van der Waals surface area (Å²) in [6.45, 7) is 1.67. The first kappa shape index (κ1) is 7.69. The summed E-state index contributed by atoms with van der Waals surface area (Å²) in [7, 11) is 1.35. The van der Waals surface area contributed by atoms with Gasteiger partial charge in [0.2, 0.25) is 0 Å². The van der Waals surface area contributed by atoms with Gasteiger partial charge in [-0.15, -0.1) is 0 Å². The summed E-state index contributed by atoms with van der Waals surface area (Å²) in [5.41, 5.74) is 0.563. The van der Waals surface area contributed by atoms with Gasteiger partial charge >= 0.3 is 5.97 Å². The minimum absolute atomic E-state index is 0.304. The number of hydrogen-bond donors (Lipinski definition) is 0. The van der Waals surface area contributed by atoms with E-state index in [1.54, 1.807) is 6.92 Å². The van der Waals surface area contributed by atoms with E-state index in [1.165, 1.54) is 12.1 Å². The van der Waals surface area contributed by atoms with E-state index >= 15 is 0 Å². The van der Waals surface area contributed by atoms with Crippen molar-refractivity contribution in [3.05, 3.63) is 10.6 Å². The van der Waals surface area contributed by atoms with Crippen LogP contribution in [0.1, 0.15) is 6.92 Å². The molecule has 0 unspecified atom stereocenters. The van der Waals surface area contributed by atoms with Crippen molar-refractivity contribution < 1.29 is 9.53 Å². The fourth-order valence-corrected chi connectivity index (χ4v) is 0.392. The van der Waals surface area contributed by atoms with Gasteiger partial charge in [-0.2, -0.15) is 0 Å². The zero-order valence-corrected chi connectivity index (χ0v) is 6.36. The second-order valence-electron chi connectivity index (χ2n) is 1.28. The quantitative estimate of drug-likeness (QED) is 0.449. The highest BCUT2D eigenvalue weighted by molar-refractivity contribution is 9.11. The normalized spacial score (nSPS) is 11.1. The van der Waals surface area contributed by atoms with Crippen molar-refractivity contribution in [3.63, 3.8) is 0 Å². The van der Waals surface area contributed by atoms with Gasteiger partial charge in [0.05, 0.1) is 7.11 Å². The number of methoxy groups -OCH3 is 1. The van der Waals surface area contributed by atoms with Gasteiger partial charge in [-0.25, -0.2) is 4.79 Å². The van der Waals surface area contributed by atoms with Crippen LogP contribution in [0.4, 0.5) is 0 Å². The van der Waals surface area contributed by atoms with Gasteiger partial charge in [-0.1, -0.05) is 15.9 Å². The molecule has 46 valence electrons. The van der Waals surface area contributed by atoms with E-state index < -0.39 is 0 Å². The zero-order valence-electron chi connectivity index (χ0n) is 4.77. The molecule has 0 aromatic rings. The Hall–Kier alpha value is -0.310. The monoisotopic (exact) mass is 178 g/mol. The number of carbonyl (C=O) groups excluding carboxylic acids is 1. The van der Waals surface area contributed by atoms with Gasteiger partial charge in [-0.05, 0) is 11.9 Å². The smallest absolute Gasteiger partial charge is 0.333 e. The van der Waals surface area contributed by atoms with Crippen molar-refractivity contribution in [1.82, 2.24) is 0 Å². The van der Waals surface area contributed by atoms with Crippen LogP contribution in [0.2, 0.25) is 0 Å². The summed E-state index contributed by atoms with van der Waals surface area (Å²) in [6.07, 6.45) is 0. The Morgan fingerprint density at radius 2 is 2.25 bits per heavy atom. The van der Waals surface area contributed by atoms with Gasteiger partial charge < -0.3 is 4.74 Å². The van der Waals surface area contributed by atoms with Crippen LogP contribution in [0.25, 0.3) is 0 Å². The molecule has 0 aromatic heterocycles. The molecule has 0 heterocycles. The molecule has 0 radical (unpaired) electrons. The lowest BCUT2D eigenvalue weighted by Gasteiger charge is -1.93. The summed E-state index contributed by atoms with van der Waals surface area (Å²) in [5.74, 6) is -0.304. The van der Waals surface area contributed by atoms with E-state index in [0.29, 0.717) is 5.57 Å². The molecule has 2 nitrogen and oxygen atoms in total. The van der Waals surface area contributed by atoms with E-state index in [4.69, 9.17) is 0 Å². The summed E-state index contributed by atoms with van der Waals surface area (Å²) >= 11 is 2.99. The highest BCUT2D eigenvalue weighted by atomic mass is 79.9. The Kier molecular flexibility index (Phi) is 3.52. The summed E-state index contributed by atoms with van der Waals surface area (Å²) in [4.78, 5) is 11.9. The molecule has 0 aromatic carbocycles. The molecular formula is C5H7BrO2. The number of hydrogen-bond acceptors (Lipinski definition) is 2. The number of esters is 1. The Morgan fingerprint density at radius 3 is 2.38 bits per heavy atom. The summed E-state index contributed by atoms with van der Waals surface area (Å²) in [5, 5.41) is 0. The van der Waals surface area contributed by atoms with Crippen LogP contribution in [0.5, 0.6) is 0 Å². The molecule has 0 saturated heterocycles. The standard InChI is InChI=1S/C5H7BrO2/c1-4(3-6)5(7)8-2/h3H,1-2H3/b4-3-. The van der Waals surface area contributed by atoms with E-state index in [1.807, 2.05) is 0 Å². The van der Waals surface area contributed by atoms with Crippen molar-refractivity contribution in [2.45, 2.75) is 6.92 Å². The molecule has 0 aliphatic rings. The van der Waals surface area contributed by atoms with Gasteiger partial charge in [-0.3, -0.25) is 0 Å². The van der Waals surface area contributed by atoms with Gasteiger partial charge in [0.1, 0.15) is 0 Å². The molecular weight excluding hydrogens is 172 g/mol. The predicted octanol–water partition coefficient (Wildman–Crippen LogP) is 1.46. The van der Waals surface area contributed by atoms with Gasteiger partial charge in [0.25, 0.3) is 0 Å². The largest absolute Gasteiger partial charge is 0.466 e. The minimum Gasteiger partial charge on any atom is -0.466 e. The molecule has 3 heteroatoms. The second-order valence-corrected chi connectivity index (χ2v) is 1.74. The van der Waals surface area contributed by atoms with Gasteiger partial charge in [0.15, 0.2) is 0 Å². The van der Waals surface area contributed by atoms with Crippen LogP contribution in [-0.2, 0) is 9.53 Å². The maximum Gasteiger partial charge on any atom is 0.333 e. The number of carbonyl (C=O) groups is 1. The lowest BCUT2D eigenvalue weighted by Crippen LogP contribution is -1.99. The Balaban J connectivity index is 3.83. The third kappa shape index (κ3) is 2.12. The van der Waals surface area contributed by atoms with Crippen LogP contribution in [-0.4, -0.2) is 13.1 Å². The summed E-state index contributed by atoms with van der Waals surface area (Å²) < 4.78 is 4.37. The summed E-state index contributed by atoms with van der Waals surface area (Å²) in [6, 6.07) is 0. The van der Waals surface area contributed by atoms with Crippen molar-refractivity contribution in [3.8, 4) is 0 Å². The van der Waals surface area contributed by atoms with Crippen molar-refractivity contribution >= 4 is 21.9 Å². The van der Waals surface area contributed by atoms with E-state index in [0.717, 1.165) is 0 Å². The molecule has 0 aliphatic heterocycles. The van der Waals surface area contributed by atoms with E-state index in [2.05, 4.69) is 20.7 Å². The molecule has 0 amide bonds. The lowest BCUT2D eigenvalue weighted by atomic mass is 10.4. The van der Waals surface area contributed by atoms with Crippen molar-refractivity contribution in [1.29, 1.82) is 0 Å². The average molecular weight is 179 g/mol. The Morgan fingerprint density at radius 1 is 1.75 bits per heavy atom. The first-order valence-corrected chi connectivity index (χ1v) is 2.99. The average Bonchev–Trinajstić information content (AvgIpc) is 1.84. The maximum atomic E-state index is 10.4. The van der Waals surface area contributed by atoms with E-state index in [9.17, 15) is 4.79 Å². The molecule has 0 aliphatic carbocycles. The third-order valence-electron chi connectivity index (χ3n) is 0.671. The second kappa shape index (κ2) is 3.66. The molecule has 8 heavy (non-hydrogen) atoms. The topological polar surface area (TPSA) is 26.3 Å². The van der Waals surface area contributed by atoms with Crippen molar-refractivity contribution in [2.75, 3.05) is 7.11 Å². The van der Waals surface area contributed by atoms with Crippen LogP contribution in [0.3, 0.4) is 0 Å². The first-order valence-electron chi connectivity index (χ1n) is 2.07. The van der Waals surface area contributed by atoms with Crippen LogP contribution < -0.4 is 0 Å². The number of ether oxygens (including phenoxy) is 1. The highest BCUT2D eigenvalue weighted by Gasteiger charge is 1.98. The Labute approximate surface area is 56.7 Å². The fourth-order valence-electron chi connectivity index (χ4n) is 0.206. The molecule has 0 bridgehead atoms. The molecule has 0 atom stereocenters. The number of rotatable bonds is 1. The SMILES string of the molecule is COC(=O)/C(C)=C\Br. The maximum absolute atomic E-state index is 10.4. The highest BCUT2D eigenvalue weighted by Crippen LogP contribution is 1.97. The molecule has 0 fully saturated rings. The molecule has 0 saturated carbocycles. The fraction of sp³-hybridized carbons (Fsp3) is 0.400. The predicted molar refractivity (Wildman–Crippen MR) is 34.7 cm³/mol. The lowest BCUT2D eigenvalue weighted by molar-refractivity contribution is -0.136. The molecule has 0 spiro atoms. The van der Waals surface area contributed by atoms with Crippen LogP contribution >= 0.6 is 15.9 Å². The molecule has 0 N–H and O–H groups in total. The number of halogens is 1. The van der Waals surface area contributed by atoms with E-state index in [-0.39, 0.29) is 5.97 Å².